The number of ketones is 1. The Morgan fingerprint density at radius 2 is 2.00 bits per heavy atom. The van der Waals surface area contributed by atoms with Crippen molar-refractivity contribution in [3.8, 4) is 5.75 Å². The fraction of sp³-hybridized carbons (Fsp3) is 0.500. The quantitative estimate of drug-likeness (QED) is 0.781. The molecule has 0 radical (unpaired) electrons. The zero-order valence-electron chi connectivity index (χ0n) is 15.0. The number of carbonyl (C=O) groups excluding carboxylic acids is 2. The summed E-state index contributed by atoms with van der Waals surface area (Å²) in [7, 11) is 0. The lowest BCUT2D eigenvalue weighted by molar-refractivity contribution is -0.120. The predicted molar refractivity (Wildman–Crippen MR) is 105 cm³/mol. The molecule has 1 aromatic rings. The van der Waals surface area contributed by atoms with Crippen molar-refractivity contribution in [2.24, 2.45) is 4.99 Å². The van der Waals surface area contributed by atoms with E-state index in [1.807, 2.05) is 13.8 Å². The number of hydrogen-bond donors (Lipinski definition) is 1. The predicted octanol–water partition coefficient (Wildman–Crippen LogP) is 4.34. The van der Waals surface area contributed by atoms with E-state index in [1.165, 1.54) is 25.6 Å². The van der Waals surface area contributed by atoms with E-state index in [2.05, 4.69) is 10.3 Å². The number of fused-ring (bicyclic) bond motifs is 2. The van der Waals surface area contributed by atoms with Gasteiger partial charge in [-0.3, -0.25) is 9.59 Å². The van der Waals surface area contributed by atoms with Gasteiger partial charge in [-0.2, -0.15) is 0 Å². The van der Waals surface area contributed by atoms with E-state index in [-0.39, 0.29) is 11.7 Å². The smallest absolute Gasteiger partial charge is 0.222 e. The van der Waals surface area contributed by atoms with Gasteiger partial charge < -0.3 is 10.1 Å². The third kappa shape index (κ3) is 3.23. The standard InChI is InChI=1S/C18H20Cl2N2O3S/c1-5-17(4)8-18(11-6-12(19)13(20)7-14(11)25-17)15(9(2)23)22-16(26-18)21-10(3)24/h6-7,15H,5,8H2,1-4H3,(H,21,22,24). The van der Waals surface area contributed by atoms with Gasteiger partial charge in [0.2, 0.25) is 5.91 Å². The number of ether oxygens (including phenoxy) is 1. The number of carbonyl (C=O) groups is 2. The number of nitrogens with zero attached hydrogens (tertiary/aromatic N) is 1. The molecule has 0 aromatic heterocycles. The molecule has 0 saturated carbocycles. The van der Waals surface area contributed by atoms with E-state index >= 15 is 0 Å². The van der Waals surface area contributed by atoms with Gasteiger partial charge in [0.25, 0.3) is 0 Å². The molecule has 2 heterocycles. The Balaban J connectivity index is 2.20. The van der Waals surface area contributed by atoms with Crippen LogP contribution in [-0.4, -0.2) is 28.5 Å². The van der Waals surface area contributed by atoms with Crippen molar-refractivity contribution in [1.82, 2.24) is 5.32 Å². The largest absolute Gasteiger partial charge is 0.487 e. The summed E-state index contributed by atoms with van der Waals surface area (Å²) in [5, 5.41) is 3.95. The molecule has 3 rings (SSSR count). The Kier molecular flexibility index (Phi) is 5.05. The molecule has 2 aliphatic rings. The van der Waals surface area contributed by atoms with Crippen molar-refractivity contribution >= 4 is 51.8 Å². The number of amidine groups is 1. The summed E-state index contributed by atoms with van der Waals surface area (Å²) in [4.78, 5) is 28.5. The maximum Gasteiger partial charge on any atom is 0.222 e. The topological polar surface area (TPSA) is 67.8 Å². The lowest BCUT2D eigenvalue weighted by Crippen LogP contribution is -2.50. The van der Waals surface area contributed by atoms with Crippen LogP contribution in [0, 0.1) is 0 Å². The van der Waals surface area contributed by atoms with Crippen LogP contribution in [0.25, 0.3) is 0 Å². The highest BCUT2D eigenvalue weighted by molar-refractivity contribution is 8.15. The van der Waals surface area contributed by atoms with Gasteiger partial charge in [0.15, 0.2) is 11.0 Å². The second kappa shape index (κ2) is 6.73. The summed E-state index contributed by atoms with van der Waals surface area (Å²) in [5.74, 6) is 0.304. The van der Waals surface area contributed by atoms with Crippen LogP contribution < -0.4 is 10.1 Å². The third-order valence-electron chi connectivity index (χ3n) is 4.85. The molecule has 140 valence electrons. The molecule has 3 unspecified atom stereocenters. The van der Waals surface area contributed by atoms with Gasteiger partial charge >= 0.3 is 0 Å². The molecule has 3 atom stereocenters. The monoisotopic (exact) mass is 414 g/mol. The number of rotatable bonds is 2. The Labute approximate surface area is 166 Å². The van der Waals surface area contributed by atoms with E-state index in [0.717, 1.165) is 12.0 Å². The fourth-order valence-electron chi connectivity index (χ4n) is 3.53. The second-order valence-corrected chi connectivity index (χ2v) is 9.10. The number of halogens is 2. The summed E-state index contributed by atoms with van der Waals surface area (Å²) < 4.78 is 5.53. The van der Waals surface area contributed by atoms with E-state index in [1.54, 1.807) is 12.1 Å². The third-order valence-corrected chi connectivity index (χ3v) is 6.93. The molecule has 0 aliphatic carbocycles. The first-order valence-electron chi connectivity index (χ1n) is 8.33. The highest BCUT2D eigenvalue weighted by Crippen LogP contribution is 2.58. The number of thioether (sulfide) groups is 1. The molecule has 0 bridgehead atoms. The van der Waals surface area contributed by atoms with Gasteiger partial charge in [0.05, 0.1) is 14.8 Å². The Hall–Kier alpha value is -1.24. The van der Waals surface area contributed by atoms with Gasteiger partial charge in [-0.15, -0.1) is 0 Å². The van der Waals surface area contributed by atoms with Gasteiger partial charge in [-0.25, -0.2) is 4.99 Å². The van der Waals surface area contributed by atoms with Crippen molar-refractivity contribution in [1.29, 1.82) is 0 Å². The molecule has 0 fully saturated rings. The maximum absolute atomic E-state index is 12.5. The van der Waals surface area contributed by atoms with Crippen LogP contribution >= 0.6 is 35.0 Å². The van der Waals surface area contributed by atoms with Crippen LogP contribution in [0.1, 0.15) is 46.1 Å². The van der Waals surface area contributed by atoms with Gasteiger partial charge in [0, 0.05) is 25.0 Å². The Bertz CT molecular complexity index is 829. The fourth-order valence-corrected chi connectivity index (χ4v) is 5.52. The SMILES string of the molecule is CCC1(C)CC2(SC(NC(C)=O)=NC2C(C)=O)c2cc(Cl)c(Cl)cc2O1. The highest BCUT2D eigenvalue weighted by Gasteiger charge is 2.57. The number of nitrogens with one attached hydrogen (secondary N) is 1. The van der Waals surface area contributed by atoms with Crippen LogP contribution in [0.4, 0.5) is 0 Å². The van der Waals surface area contributed by atoms with Crippen LogP contribution in [-0.2, 0) is 14.3 Å². The Morgan fingerprint density at radius 1 is 1.35 bits per heavy atom. The molecule has 1 spiro atoms. The molecule has 1 amide bonds. The van der Waals surface area contributed by atoms with Crippen molar-refractivity contribution in [2.75, 3.05) is 0 Å². The van der Waals surface area contributed by atoms with Crippen LogP contribution in [0.2, 0.25) is 10.0 Å². The summed E-state index contributed by atoms with van der Waals surface area (Å²) >= 11 is 13.9. The van der Waals surface area contributed by atoms with Crippen molar-refractivity contribution in [3.05, 3.63) is 27.7 Å². The molecule has 5 nitrogen and oxygen atoms in total. The molecule has 1 aromatic carbocycles. The van der Waals surface area contributed by atoms with Gasteiger partial charge in [-0.1, -0.05) is 41.9 Å². The van der Waals surface area contributed by atoms with Crippen molar-refractivity contribution < 1.29 is 14.3 Å². The van der Waals surface area contributed by atoms with Crippen LogP contribution in [0.15, 0.2) is 17.1 Å². The minimum absolute atomic E-state index is 0.0739. The number of hydrogen-bond acceptors (Lipinski definition) is 5. The summed E-state index contributed by atoms with van der Waals surface area (Å²) in [6.07, 6.45) is 1.30. The number of aliphatic imine (C=N–C) groups is 1. The lowest BCUT2D eigenvalue weighted by atomic mass is 9.76. The summed E-state index contributed by atoms with van der Waals surface area (Å²) in [6.45, 7) is 6.98. The lowest BCUT2D eigenvalue weighted by Gasteiger charge is -2.46. The molecule has 2 aliphatic heterocycles. The zero-order valence-corrected chi connectivity index (χ0v) is 17.3. The van der Waals surface area contributed by atoms with Gasteiger partial charge in [-0.05, 0) is 26.3 Å². The molecule has 8 heteroatoms. The first kappa shape index (κ1) is 19.5. The normalized spacial score (nSPS) is 29.8. The van der Waals surface area contributed by atoms with E-state index < -0.39 is 16.4 Å². The van der Waals surface area contributed by atoms with Crippen molar-refractivity contribution in [3.63, 3.8) is 0 Å². The molecular formula is C18H20Cl2N2O3S. The van der Waals surface area contributed by atoms with E-state index in [4.69, 9.17) is 27.9 Å². The average Bonchev–Trinajstić information content (AvgIpc) is 2.87. The maximum atomic E-state index is 12.5. The minimum Gasteiger partial charge on any atom is -0.487 e. The van der Waals surface area contributed by atoms with Crippen LogP contribution in [0.5, 0.6) is 5.75 Å². The first-order chi connectivity index (χ1) is 12.1. The molecule has 26 heavy (non-hydrogen) atoms. The summed E-state index contributed by atoms with van der Waals surface area (Å²) in [5.41, 5.74) is 0.290. The Morgan fingerprint density at radius 3 is 2.58 bits per heavy atom. The summed E-state index contributed by atoms with van der Waals surface area (Å²) in [6, 6.07) is 2.81. The minimum atomic E-state index is -0.698. The zero-order chi connectivity index (χ0) is 19.3. The number of amides is 1. The van der Waals surface area contributed by atoms with E-state index in [9.17, 15) is 9.59 Å². The number of Topliss-reactive ketones (excluding diaryl/α,β-unsaturated/α-hetero) is 1. The number of benzene rings is 1. The molecule has 1 N–H and O–H groups in total. The first-order valence-corrected chi connectivity index (χ1v) is 9.91. The molecular weight excluding hydrogens is 395 g/mol. The second-order valence-electron chi connectivity index (χ2n) is 6.96. The molecule has 0 saturated heterocycles. The van der Waals surface area contributed by atoms with Gasteiger partial charge in [0.1, 0.15) is 17.4 Å². The average molecular weight is 415 g/mol. The van der Waals surface area contributed by atoms with Crippen LogP contribution in [0.3, 0.4) is 0 Å². The van der Waals surface area contributed by atoms with E-state index in [0.29, 0.717) is 27.4 Å². The van der Waals surface area contributed by atoms with Crippen molar-refractivity contribution in [2.45, 2.75) is 56.9 Å². The highest BCUT2D eigenvalue weighted by atomic mass is 35.5.